The Kier molecular flexibility index (Phi) is 92.8. The van der Waals surface area contributed by atoms with Crippen molar-refractivity contribution in [2.24, 2.45) is 0 Å². The molecule has 0 saturated heterocycles. The van der Waals surface area contributed by atoms with Crippen molar-refractivity contribution in [1.29, 1.82) is 0 Å². The third-order valence-electron chi connectivity index (χ3n) is 0.224. The van der Waals surface area contributed by atoms with Crippen molar-refractivity contribution in [2.75, 3.05) is 6.61 Å². The van der Waals surface area contributed by atoms with Crippen molar-refractivity contribution < 1.29 is 40.1 Å². The van der Waals surface area contributed by atoms with Gasteiger partial charge in [-0.3, -0.25) is 0 Å². The van der Waals surface area contributed by atoms with Crippen LogP contribution in [0.25, 0.3) is 0 Å². The van der Waals surface area contributed by atoms with Crippen LogP contribution in [-0.2, 0) is 0 Å². The Balaban J connectivity index is -0.0000000150. The summed E-state index contributed by atoms with van der Waals surface area (Å²) < 4.78 is 0. The van der Waals surface area contributed by atoms with Crippen LogP contribution < -0.4 is 29.6 Å². The molecular weight excluding hydrogens is 126 g/mol. The molecule has 0 unspecified atom stereocenters. The van der Waals surface area contributed by atoms with Crippen LogP contribution in [-0.4, -0.2) is 17.2 Å². The van der Waals surface area contributed by atoms with Crippen molar-refractivity contribution >= 4 is 12.4 Å². The van der Waals surface area contributed by atoms with Crippen LogP contribution in [0.2, 0.25) is 0 Å². The normalized spacial score (nSPS) is 4.29. The Morgan fingerprint density at radius 3 is 1.57 bits per heavy atom. The second kappa shape index (κ2) is 27.0. The monoisotopic (exact) mass is 136 g/mol. The molecule has 0 aliphatic carbocycles. The minimum Gasteiger partial charge on any atom is -0.870 e. The van der Waals surface area contributed by atoms with Crippen LogP contribution >= 0.6 is 12.4 Å². The van der Waals surface area contributed by atoms with Gasteiger partial charge in [-0.25, -0.2) is 0 Å². The predicted molar refractivity (Wildman–Crippen MR) is 26.6 cm³/mol. The van der Waals surface area contributed by atoms with E-state index in [-0.39, 0.29) is 47.4 Å². The molecule has 2 N–H and O–H groups in total. The third kappa shape index (κ3) is 40.1. The van der Waals surface area contributed by atoms with Gasteiger partial charge in [0.05, 0.1) is 0 Å². The Hall–Kier alpha value is 1.21. The zero-order valence-corrected chi connectivity index (χ0v) is 7.53. The van der Waals surface area contributed by atoms with Gasteiger partial charge in [-0.2, -0.15) is 0 Å². The Bertz CT molecular complexity index is 14.9. The fraction of sp³-hybridized carbons (Fsp3) is 1.00. The van der Waals surface area contributed by atoms with E-state index in [9.17, 15) is 0 Å². The predicted octanol–water partition coefficient (Wildman–Crippen LogP) is -2.36. The molecule has 0 fully saturated rings. The number of halogens is 1. The molecule has 4 heteroatoms. The molecule has 0 spiro atoms. The number of hydrogen-bond acceptors (Lipinski definition) is 2. The standard InChI is InChI=1S/C3H8O.ClH.Na.H2O/c1-2-3-4;;;/h4H,2-3H2,1H3;1H;;1H2/q;;+1;/p-1. The molecule has 42 valence electrons. The van der Waals surface area contributed by atoms with E-state index in [1.165, 1.54) is 0 Å². The number of aliphatic hydroxyl groups is 1. The van der Waals surface area contributed by atoms with E-state index < -0.39 is 0 Å². The van der Waals surface area contributed by atoms with Gasteiger partial charge < -0.3 is 10.6 Å². The molecule has 0 rings (SSSR count). The second-order valence-corrected chi connectivity index (χ2v) is 0.724. The van der Waals surface area contributed by atoms with Gasteiger partial charge in [0.1, 0.15) is 0 Å². The van der Waals surface area contributed by atoms with E-state index in [4.69, 9.17) is 5.11 Å². The quantitative estimate of drug-likeness (QED) is 0.410. The van der Waals surface area contributed by atoms with E-state index in [0.717, 1.165) is 6.42 Å². The van der Waals surface area contributed by atoms with Crippen LogP contribution in [0.4, 0.5) is 0 Å². The summed E-state index contributed by atoms with van der Waals surface area (Å²) in [6.07, 6.45) is 0.875. The van der Waals surface area contributed by atoms with Gasteiger partial charge in [0, 0.05) is 6.61 Å². The molecule has 0 saturated carbocycles. The third-order valence-corrected chi connectivity index (χ3v) is 0.224. The summed E-state index contributed by atoms with van der Waals surface area (Å²) in [4.78, 5) is 0. The molecule has 0 bridgehead atoms. The molecule has 0 aliphatic rings. The maximum absolute atomic E-state index is 7.88. The van der Waals surface area contributed by atoms with E-state index >= 15 is 0 Å². The molecule has 0 aromatic carbocycles. The summed E-state index contributed by atoms with van der Waals surface area (Å²) >= 11 is 0. The summed E-state index contributed by atoms with van der Waals surface area (Å²) in [5.41, 5.74) is 0. The number of aliphatic hydroxyl groups excluding tert-OH is 1. The second-order valence-electron chi connectivity index (χ2n) is 0.724. The maximum atomic E-state index is 7.88. The molecule has 0 radical (unpaired) electrons. The Labute approximate surface area is 72.3 Å². The van der Waals surface area contributed by atoms with Gasteiger partial charge in [0.15, 0.2) is 0 Å². The molecule has 0 heterocycles. The average Bonchev–Trinajstić information content (AvgIpc) is 1.37. The van der Waals surface area contributed by atoms with Crippen LogP contribution in [0.5, 0.6) is 0 Å². The number of hydrogen-bond donors (Lipinski definition) is 1. The smallest absolute Gasteiger partial charge is 0.870 e. The Morgan fingerprint density at radius 1 is 1.43 bits per heavy atom. The average molecular weight is 137 g/mol. The SMILES string of the molecule is CCCO.Cl.[Na+].[OH-]. The van der Waals surface area contributed by atoms with E-state index in [2.05, 4.69) is 0 Å². The van der Waals surface area contributed by atoms with Gasteiger partial charge >= 0.3 is 29.6 Å². The van der Waals surface area contributed by atoms with Crippen LogP contribution in [0.15, 0.2) is 0 Å². The molecule has 7 heavy (non-hydrogen) atoms. The summed E-state index contributed by atoms with van der Waals surface area (Å²) in [6, 6.07) is 0. The molecule has 0 aliphatic heterocycles. The summed E-state index contributed by atoms with van der Waals surface area (Å²) in [5, 5.41) is 7.88. The summed E-state index contributed by atoms with van der Waals surface area (Å²) in [5.74, 6) is 0. The minimum absolute atomic E-state index is 0. The zero-order chi connectivity index (χ0) is 3.41. The summed E-state index contributed by atoms with van der Waals surface area (Å²) in [7, 11) is 0. The molecule has 0 amide bonds. The van der Waals surface area contributed by atoms with E-state index in [1.807, 2.05) is 6.92 Å². The van der Waals surface area contributed by atoms with E-state index in [1.54, 1.807) is 0 Å². The van der Waals surface area contributed by atoms with Crippen molar-refractivity contribution in [1.82, 2.24) is 0 Å². The van der Waals surface area contributed by atoms with Gasteiger partial charge in [-0.15, -0.1) is 12.4 Å². The Morgan fingerprint density at radius 2 is 1.57 bits per heavy atom. The molecule has 0 aromatic heterocycles. The largest absolute Gasteiger partial charge is 1.00 e. The first-order chi connectivity index (χ1) is 1.91. The fourth-order valence-corrected chi connectivity index (χ4v) is 0. The van der Waals surface area contributed by atoms with Crippen molar-refractivity contribution in [3.05, 3.63) is 0 Å². The minimum atomic E-state index is 0. The summed E-state index contributed by atoms with van der Waals surface area (Å²) in [6.45, 7) is 2.25. The zero-order valence-electron chi connectivity index (χ0n) is 4.72. The van der Waals surface area contributed by atoms with Crippen LogP contribution in [0.1, 0.15) is 13.3 Å². The first-order valence-electron chi connectivity index (χ1n) is 1.52. The maximum Gasteiger partial charge on any atom is 1.00 e. The molecule has 0 aromatic rings. The molecule has 2 nitrogen and oxygen atoms in total. The van der Waals surface area contributed by atoms with Gasteiger partial charge in [-0.05, 0) is 6.42 Å². The topological polar surface area (TPSA) is 50.2 Å². The van der Waals surface area contributed by atoms with Crippen molar-refractivity contribution in [2.45, 2.75) is 13.3 Å². The van der Waals surface area contributed by atoms with E-state index in [0.29, 0.717) is 6.61 Å². The number of rotatable bonds is 1. The van der Waals surface area contributed by atoms with Crippen LogP contribution in [0.3, 0.4) is 0 Å². The first-order valence-corrected chi connectivity index (χ1v) is 1.52. The van der Waals surface area contributed by atoms with Gasteiger partial charge in [0.25, 0.3) is 0 Å². The fourth-order valence-electron chi connectivity index (χ4n) is 0. The molecular formula is C3H10ClNaO2. The van der Waals surface area contributed by atoms with Gasteiger partial charge in [-0.1, -0.05) is 6.92 Å². The van der Waals surface area contributed by atoms with Gasteiger partial charge in [0.2, 0.25) is 0 Å². The first kappa shape index (κ1) is 24.1. The van der Waals surface area contributed by atoms with Crippen molar-refractivity contribution in [3.63, 3.8) is 0 Å². The van der Waals surface area contributed by atoms with Crippen LogP contribution in [0, 0.1) is 0 Å². The molecule has 0 atom stereocenters. The van der Waals surface area contributed by atoms with Crippen molar-refractivity contribution in [3.8, 4) is 0 Å².